The molecule has 198 valence electrons. The van der Waals surface area contributed by atoms with E-state index in [1.54, 1.807) is 33.0 Å². The first-order valence-corrected chi connectivity index (χ1v) is 12.9. The zero-order chi connectivity index (χ0) is 26.6. The van der Waals surface area contributed by atoms with Crippen molar-refractivity contribution in [2.45, 2.75) is 97.2 Å². The van der Waals surface area contributed by atoms with Crippen LogP contribution in [0, 0.1) is 5.82 Å². The fraction of sp³-hybridized carbons (Fsp3) is 0.593. The highest BCUT2D eigenvalue weighted by Crippen LogP contribution is 2.30. The first-order valence-electron chi connectivity index (χ1n) is 12.9. The van der Waals surface area contributed by atoms with Gasteiger partial charge in [0.1, 0.15) is 18.0 Å². The Morgan fingerprint density at radius 1 is 1.14 bits per heavy atom. The Hall–Kier alpha value is -3.10. The second kappa shape index (κ2) is 11.3. The highest BCUT2D eigenvalue weighted by atomic mass is 19.1. The number of benzene rings is 1. The molecule has 1 heterocycles. The molecule has 0 spiro atoms. The van der Waals surface area contributed by atoms with E-state index < -0.39 is 35.3 Å². The number of pyridine rings is 1. The van der Waals surface area contributed by atoms with Gasteiger partial charge in [0, 0.05) is 23.8 Å². The van der Waals surface area contributed by atoms with Crippen LogP contribution in [0.15, 0.2) is 23.1 Å². The van der Waals surface area contributed by atoms with Gasteiger partial charge in [-0.2, -0.15) is 0 Å². The van der Waals surface area contributed by atoms with Crippen LogP contribution in [0.1, 0.15) is 85.6 Å². The smallest absolute Gasteiger partial charge is 0.408 e. The van der Waals surface area contributed by atoms with Gasteiger partial charge in [-0.1, -0.05) is 33.1 Å². The molecule has 1 aromatic heterocycles. The number of fused-ring (bicyclic) bond motifs is 1. The number of carboxylic acid groups (broad SMARTS) is 1. The fourth-order valence-electron chi connectivity index (χ4n) is 4.95. The molecule has 2 amide bonds. The van der Waals surface area contributed by atoms with Gasteiger partial charge in [0.2, 0.25) is 11.3 Å². The zero-order valence-electron chi connectivity index (χ0n) is 22.0. The van der Waals surface area contributed by atoms with Gasteiger partial charge >= 0.3 is 6.09 Å². The van der Waals surface area contributed by atoms with E-state index >= 15 is 4.39 Å². The third-order valence-corrected chi connectivity index (χ3v) is 7.04. The fourth-order valence-corrected chi connectivity index (χ4v) is 4.95. The number of nitrogens with zero attached hydrogens (tertiary/aromatic N) is 2. The molecule has 0 bridgehead atoms. The van der Waals surface area contributed by atoms with Crippen molar-refractivity contribution < 1.29 is 19.1 Å². The number of hydrogen-bond acceptors (Lipinski definition) is 4. The number of hydrogen-bond donors (Lipinski definition) is 3. The SMILES string of the molecule is CCC(CC)n1cc(NC(=O)CN(C(=O)O)C(C)(C)C)c(=O)c2cc(F)c(NC3CCCCC3)cc21. The van der Waals surface area contributed by atoms with Crippen LogP contribution in [0.3, 0.4) is 0 Å². The van der Waals surface area contributed by atoms with Gasteiger partial charge in [-0.3, -0.25) is 14.5 Å². The number of anilines is 2. The second-order valence-electron chi connectivity index (χ2n) is 10.7. The maximum absolute atomic E-state index is 15.2. The van der Waals surface area contributed by atoms with Crippen LogP contribution in [0.5, 0.6) is 0 Å². The van der Waals surface area contributed by atoms with E-state index in [4.69, 9.17) is 0 Å². The Labute approximate surface area is 211 Å². The molecule has 0 aliphatic heterocycles. The first-order chi connectivity index (χ1) is 17.0. The molecule has 1 aliphatic carbocycles. The van der Waals surface area contributed by atoms with Crippen LogP contribution in [0.25, 0.3) is 10.9 Å². The Balaban J connectivity index is 2.03. The zero-order valence-corrected chi connectivity index (χ0v) is 22.0. The number of carbonyl (C=O) groups excluding carboxylic acids is 1. The van der Waals surface area contributed by atoms with E-state index in [1.165, 1.54) is 12.5 Å². The molecule has 1 fully saturated rings. The number of amides is 2. The number of halogens is 1. The Morgan fingerprint density at radius 3 is 2.33 bits per heavy atom. The van der Waals surface area contributed by atoms with Gasteiger partial charge in [0.15, 0.2) is 0 Å². The van der Waals surface area contributed by atoms with Crippen molar-refractivity contribution in [1.29, 1.82) is 0 Å². The highest BCUT2D eigenvalue weighted by Gasteiger charge is 2.29. The van der Waals surface area contributed by atoms with E-state index in [-0.39, 0.29) is 23.2 Å². The van der Waals surface area contributed by atoms with E-state index in [9.17, 15) is 19.5 Å². The van der Waals surface area contributed by atoms with Crippen molar-refractivity contribution in [2.75, 3.05) is 17.2 Å². The molecule has 3 rings (SSSR count). The van der Waals surface area contributed by atoms with Gasteiger partial charge in [-0.15, -0.1) is 0 Å². The molecule has 0 atom stereocenters. The Morgan fingerprint density at radius 2 is 1.78 bits per heavy atom. The molecule has 1 aromatic carbocycles. The van der Waals surface area contributed by atoms with Gasteiger partial charge in [-0.25, -0.2) is 9.18 Å². The van der Waals surface area contributed by atoms with Crippen molar-refractivity contribution in [2.24, 2.45) is 0 Å². The minimum atomic E-state index is -1.23. The topological polar surface area (TPSA) is 104 Å². The summed E-state index contributed by atoms with van der Waals surface area (Å²) in [4.78, 5) is 38.8. The van der Waals surface area contributed by atoms with E-state index in [0.717, 1.165) is 43.4 Å². The molecule has 1 aliphatic rings. The molecule has 0 saturated heterocycles. The van der Waals surface area contributed by atoms with Crippen LogP contribution in [0.2, 0.25) is 0 Å². The number of nitrogens with one attached hydrogen (secondary N) is 2. The third kappa shape index (κ3) is 6.17. The van der Waals surface area contributed by atoms with Crippen molar-refractivity contribution >= 4 is 34.3 Å². The molecule has 2 aromatic rings. The number of rotatable bonds is 8. The van der Waals surface area contributed by atoms with Crippen LogP contribution < -0.4 is 16.1 Å². The minimum Gasteiger partial charge on any atom is -0.465 e. The van der Waals surface area contributed by atoms with E-state index in [2.05, 4.69) is 10.6 Å². The lowest BCUT2D eigenvalue weighted by Gasteiger charge is -2.32. The van der Waals surface area contributed by atoms with E-state index in [0.29, 0.717) is 11.2 Å². The lowest BCUT2D eigenvalue weighted by atomic mass is 9.95. The van der Waals surface area contributed by atoms with Gasteiger partial charge < -0.3 is 20.3 Å². The standard InChI is InChI=1S/C27H39FN4O4/c1-6-18(7-2)31-15-22(30-24(33)16-32(26(35)36)27(3,4)5)25(34)19-13-20(28)21(14-23(19)31)29-17-11-9-8-10-12-17/h13-15,17-18,29H,6-12,16H2,1-5H3,(H,30,33)(H,35,36). The molecular formula is C27H39FN4O4. The van der Waals surface area contributed by atoms with Crippen LogP contribution >= 0.6 is 0 Å². The molecular weight excluding hydrogens is 463 g/mol. The molecule has 1 saturated carbocycles. The summed E-state index contributed by atoms with van der Waals surface area (Å²) < 4.78 is 17.1. The number of carbonyl (C=O) groups is 2. The van der Waals surface area contributed by atoms with Crippen molar-refractivity contribution in [3.8, 4) is 0 Å². The summed E-state index contributed by atoms with van der Waals surface area (Å²) in [6, 6.07) is 3.19. The summed E-state index contributed by atoms with van der Waals surface area (Å²) in [6.07, 6.45) is 7.33. The third-order valence-electron chi connectivity index (χ3n) is 7.04. The van der Waals surface area contributed by atoms with Crippen LogP contribution in [-0.4, -0.2) is 44.7 Å². The quantitative estimate of drug-likeness (QED) is 0.413. The number of aromatic nitrogens is 1. The molecule has 9 heteroatoms. The monoisotopic (exact) mass is 502 g/mol. The van der Waals surface area contributed by atoms with Gasteiger partial charge in [-0.05, 0) is 58.6 Å². The second-order valence-corrected chi connectivity index (χ2v) is 10.7. The molecule has 0 unspecified atom stereocenters. The van der Waals surface area contributed by atoms with Gasteiger partial charge in [0.25, 0.3) is 0 Å². The summed E-state index contributed by atoms with van der Waals surface area (Å²) in [6.45, 7) is 8.70. The first kappa shape index (κ1) is 27.5. The summed E-state index contributed by atoms with van der Waals surface area (Å²) in [5, 5.41) is 15.6. The minimum absolute atomic E-state index is 0.00559. The van der Waals surface area contributed by atoms with Crippen LogP contribution in [0.4, 0.5) is 20.6 Å². The summed E-state index contributed by atoms with van der Waals surface area (Å²) in [7, 11) is 0. The average molecular weight is 503 g/mol. The maximum Gasteiger partial charge on any atom is 0.408 e. The highest BCUT2D eigenvalue weighted by molar-refractivity contribution is 5.96. The lowest BCUT2D eigenvalue weighted by molar-refractivity contribution is -0.118. The summed E-state index contributed by atoms with van der Waals surface area (Å²) >= 11 is 0. The Kier molecular flexibility index (Phi) is 8.63. The normalized spacial score (nSPS) is 14.8. The predicted molar refractivity (Wildman–Crippen MR) is 141 cm³/mol. The Bertz CT molecular complexity index is 1160. The molecule has 36 heavy (non-hydrogen) atoms. The van der Waals surface area contributed by atoms with Gasteiger partial charge in [0.05, 0.1) is 16.6 Å². The predicted octanol–water partition coefficient (Wildman–Crippen LogP) is 5.96. The van der Waals surface area contributed by atoms with Crippen molar-refractivity contribution in [3.05, 3.63) is 34.4 Å². The molecule has 3 N–H and O–H groups in total. The summed E-state index contributed by atoms with van der Waals surface area (Å²) in [5.74, 6) is -1.13. The molecule has 8 nitrogen and oxygen atoms in total. The maximum atomic E-state index is 15.2. The average Bonchev–Trinajstić information content (AvgIpc) is 2.81. The largest absolute Gasteiger partial charge is 0.465 e. The van der Waals surface area contributed by atoms with Crippen LogP contribution in [-0.2, 0) is 4.79 Å². The van der Waals surface area contributed by atoms with Crippen molar-refractivity contribution in [3.63, 3.8) is 0 Å². The summed E-state index contributed by atoms with van der Waals surface area (Å²) in [5.41, 5.74) is -0.305. The molecule has 0 radical (unpaired) electrons. The lowest BCUT2D eigenvalue weighted by Crippen LogP contribution is -2.48. The van der Waals surface area contributed by atoms with Crippen molar-refractivity contribution in [1.82, 2.24) is 9.47 Å². The van der Waals surface area contributed by atoms with E-state index in [1.807, 2.05) is 18.4 Å².